The number of halogens is 2. The lowest BCUT2D eigenvalue weighted by molar-refractivity contribution is -0.138. The van der Waals surface area contributed by atoms with Crippen molar-refractivity contribution in [2.75, 3.05) is 52.3 Å². The Labute approximate surface area is 292 Å². The number of amides is 3. The molecule has 12 nitrogen and oxygen atoms in total. The molecule has 2 aromatic rings. The number of benzene rings is 1. The molecule has 0 bridgehead atoms. The van der Waals surface area contributed by atoms with Crippen LogP contribution in [-0.4, -0.2) is 114 Å². The van der Waals surface area contributed by atoms with Crippen molar-refractivity contribution in [1.29, 1.82) is 0 Å². The maximum absolute atomic E-state index is 15.9. The number of anilines is 1. The molecule has 2 heterocycles. The number of aromatic nitrogens is 2. The largest absolute Gasteiger partial charge is 0.370 e. The molecule has 5 atom stereocenters. The number of aryl methyl sites for hydroxylation is 1. The number of likely N-dealkylation sites (N-methyl/N-ethyl adjacent to an activating group) is 1. The summed E-state index contributed by atoms with van der Waals surface area (Å²) in [5, 5.41) is 13.1. The summed E-state index contributed by atoms with van der Waals surface area (Å²) in [7, 11) is 3.22. The first-order valence-electron chi connectivity index (χ1n) is 17.7. The Kier molecular flexibility index (Phi) is 12.1. The molecule has 0 radical (unpaired) electrons. The molecule has 5 rings (SSSR count). The van der Waals surface area contributed by atoms with E-state index in [0.29, 0.717) is 49.0 Å². The van der Waals surface area contributed by atoms with E-state index in [0.717, 1.165) is 25.7 Å². The molecule has 2 aliphatic carbocycles. The average molecular weight is 700 g/mol. The Morgan fingerprint density at radius 3 is 2.40 bits per heavy atom. The number of ether oxygens (including phenoxy) is 1. The van der Waals surface area contributed by atoms with Gasteiger partial charge in [0.1, 0.15) is 29.8 Å². The van der Waals surface area contributed by atoms with Crippen LogP contribution in [0.2, 0.25) is 0 Å². The topological polar surface area (TPSA) is 138 Å². The molecule has 1 aromatic carbocycles. The molecule has 50 heavy (non-hydrogen) atoms. The van der Waals surface area contributed by atoms with Gasteiger partial charge in [0, 0.05) is 51.9 Å². The molecule has 2 saturated carbocycles. The van der Waals surface area contributed by atoms with E-state index in [1.54, 1.807) is 41.8 Å². The summed E-state index contributed by atoms with van der Waals surface area (Å²) < 4.78 is 36.5. The molecule has 3 fully saturated rings. The number of methoxy groups -OCH3 is 1. The summed E-state index contributed by atoms with van der Waals surface area (Å²) in [6, 6.07) is 3.85. The van der Waals surface area contributed by atoms with Gasteiger partial charge >= 0.3 is 0 Å². The van der Waals surface area contributed by atoms with Crippen molar-refractivity contribution in [3.05, 3.63) is 47.5 Å². The van der Waals surface area contributed by atoms with Crippen LogP contribution in [-0.2, 0) is 25.7 Å². The monoisotopic (exact) mass is 699 g/mol. The molecule has 1 unspecified atom stereocenters. The van der Waals surface area contributed by atoms with Crippen LogP contribution in [0.5, 0.6) is 0 Å². The molecule has 1 aromatic heterocycles. The minimum atomic E-state index is -1.21. The van der Waals surface area contributed by atoms with Gasteiger partial charge in [0.2, 0.25) is 11.8 Å². The molecule has 0 spiro atoms. The van der Waals surface area contributed by atoms with Crippen LogP contribution in [0.3, 0.4) is 0 Å². The highest BCUT2D eigenvalue weighted by atomic mass is 19.1. The van der Waals surface area contributed by atoms with Crippen LogP contribution in [0.25, 0.3) is 0 Å². The van der Waals surface area contributed by atoms with Crippen molar-refractivity contribution in [2.24, 2.45) is 17.8 Å². The lowest BCUT2D eigenvalue weighted by Crippen LogP contribution is -2.59. The van der Waals surface area contributed by atoms with E-state index in [-0.39, 0.29) is 30.6 Å². The van der Waals surface area contributed by atoms with E-state index in [9.17, 15) is 23.6 Å². The highest BCUT2D eigenvalue weighted by Gasteiger charge is 2.48. The number of carbonyl (C=O) groups excluding carboxylic acids is 4. The summed E-state index contributed by atoms with van der Waals surface area (Å²) >= 11 is 0. The van der Waals surface area contributed by atoms with Gasteiger partial charge in [-0.05, 0) is 88.1 Å². The van der Waals surface area contributed by atoms with E-state index < -0.39 is 54.0 Å². The third-order valence-corrected chi connectivity index (χ3v) is 10.7. The van der Waals surface area contributed by atoms with Crippen molar-refractivity contribution < 1.29 is 32.7 Å². The smallest absolute Gasteiger partial charge is 0.270 e. The fourth-order valence-electron chi connectivity index (χ4n) is 7.00. The van der Waals surface area contributed by atoms with Crippen LogP contribution in [0.1, 0.15) is 68.4 Å². The summed E-state index contributed by atoms with van der Waals surface area (Å²) in [5.41, 5.74) is -0.405. The first-order chi connectivity index (χ1) is 23.9. The molecule has 1 aliphatic heterocycles. The standard InChI is InChI=1S/C36H51F2N7O5/c1-6-45-29(13-14-40-45)33(47)42-32(30(23-7-8-23)24-9-10-24)34(48)41-28-12-11-25(17-27(28)38)22(2)31(39-20-36(3,21-46)50-5)35(49)44-16-15-43(4)26(18-37)19-44/h11-14,17,21-24,26,30-32,39H,6-10,15-16,18-20H2,1-5H3,(H,41,48)(H,42,47)/t22-,26-,31+,32-,36?/m0/s1. The van der Waals surface area contributed by atoms with Gasteiger partial charge in [0.05, 0.1) is 17.8 Å². The fourth-order valence-corrected chi connectivity index (χ4v) is 7.00. The second-order valence-corrected chi connectivity index (χ2v) is 14.3. The molecular formula is C36H51F2N7O5. The predicted molar refractivity (Wildman–Crippen MR) is 184 cm³/mol. The van der Waals surface area contributed by atoms with E-state index >= 15 is 4.39 Å². The Morgan fingerprint density at radius 2 is 1.82 bits per heavy atom. The first-order valence-corrected chi connectivity index (χ1v) is 17.7. The lowest BCUT2D eigenvalue weighted by Gasteiger charge is -2.41. The quantitative estimate of drug-likeness (QED) is 0.215. The number of nitrogens with zero attached hydrogens (tertiary/aromatic N) is 4. The van der Waals surface area contributed by atoms with E-state index in [1.165, 1.54) is 19.2 Å². The van der Waals surface area contributed by atoms with Crippen molar-refractivity contribution in [2.45, 2.75) is 82.6 Å². The van der Waals surface area contributed by atoms with Crippen LogP contribution in [0, 0.1) is 23.6 Å². The third-order valence-electron chi connectivity index (χ3n) is 10.7. The predicted octanol–water partition coefficient (Wildman–Crippen LogP) is 2.99. The van der Waals surface area contributed by atoms with Crippen molar-refractivity contribution in [3.63, 3.8) is 0 Å². The van der Waals surface area contributed by atoms with Gasteiger partial charge < -0.3 is 30.4 Å². The SMILES string of the molecule is CCn1nccc1C(=O)N[C@H](C(=O)Nc1ccc([C@H](C)[C@@H](NCC(C)(C=O)OC)C(=O)N2CCN(C)[C@@H](CF)C2)cc1F)C(C1CC1)C1CC1. The van der Waals surface area contributed by atoms with Crippen LogP contribution in [0.15, 0.2) is 30.5 Å². The van der Waals surface area contributed by atoms with E-state index in [2.05, 4.69) is 21.0 Å². The van der Waals surface area contributed by atoms with Crippen LogP contribution >= 0.6 is 0 Å². The minimum absolute atomic E-state index is 0.0138. The number of piperazine rings is 1. The Balaban J connectivity index is 1.35. The van der Waals surface area contributed by atoms with Gasteiger partial charge in [-0.25, -0.2) is 8.78 Å². The second-order valence-electron chi connectivity index (χ2n) is 14.3. The molecule has 3 N–H and O–H groups in total. The van der Waals surface area contributed by atoms with Gasteiger partial charge in [-0.15, -0.1) is 0 Å². The molecule has 274 valence electrons. The maximum atomic E-state index is 15.9. The zero-order valence-electron chi connectivity index (χ0n) is 29.7. The minimum Gasteiger partial charge on any atom is -0.370 e. The highest BCUT2D eigenvalue weighted by Crippen LogP contribution is 2.51. The fraction of sp³-hybridized carbons (Fsp3) is 0.639. The second kappa shape index (κ2) is 16.1. The van der Waals surface area contributed by atoms with Crippen molar-refractivity contribution >= 4 is 29.7 Å². The first kappa shape index (κ1) is 37.5. The molecule has 14 heteroatoms. The summed E-state index contributed by atoms with van der Waals surface area (Å²) in [4.78, 5) is 56.4. The Morgan fingerprint density at radius 1 is 1.12 bits per heavy atom. The van der Waals surface area contributed by atoms with Crippen LogP contribution < -0.4 is 16.0 Å². The maximum Gasteiger partial charge on any atom is 0.270 e. The van der Waals surface area contributed by atoms with E-state index in [4.69, 9.17) is 4.74 Å². The van der Waals surface area contributed by atoms with Gasteiger partial charge in [-0.1, -0.05) is 13.0 Å². The number of hydrogen-bond donors (Lipinski definition) is 3. The zero-order chi connectivity index (χ0) is 36.2. The van der Waals surface area contributed by atoms with Crippen molar-refractivity contribution in [1.82, 2.24) is 30.2 Å². The number of nitrogens with one attached hydrogen (secondary N) is 3. The molecular weight excluding hydrogens is 648 g/mol. The lowest BCUT2D eigenvalue weighted by atomic mass is 9.88. The Hall–Kier alpha value is -3.75. The van der Waals surface area contributed by atoms with Gasteiger partial charge in [0.15, 0.2) is 6.29 Å². The highest BCUT2D eigenvalue weighted by molar-refractivity contribution is 6.01. The average Bonchev–Trinajstić information content (AvgIpc) is 4.07. The number of alkyl halides is 1. The molecule has 3 amide bonds. The third kappa shape index (κ3) is 8.57. The number of carbonyl (C=O) groups is 4. The number of hydrogen-bond acceptors (Lipinski definition) is 8. The summed E-state index contributed by atoms with van der Waals surface area (Å²) in [6.45, 7) is 6.25. The normalized spacial score (nSPS) is 21.3. The molecule has 3 aliphatic rings. The van der Waals surface area contributed by atoms with Crippen LogP contribution in [0.4, 0.5) is 14.5 Å². The van der Waals surface area contributed by atoms with Gasteiger partial charge in [0.25, 0.3) is 5.91 Å². The number of rotatable bonds is 17. The van der Waals surface area contributed by atoms with Gasteiger partial charge in [-0.3, -0.25) is 24.0 Å². The zero-order valence-corrected chi connectivity index (χ0v) is 29.7. The Bertz CT molecular complexity index is 1520. The summed E-state index contributed by atoms with van der Waals surface area (Å²) in [5.74, 6) is -1.85. The molecule has 1 saturated heterocycles. The summed E-state index contributed by atoms with van der Waals surface area (Å²) in [6.07, 6.45) is 6.15. The van der Waals surface area contributed by atoms with Gasteiger partial charge in [-0.2, -0.15) is 5.10 Å². The van der Waals surface area contributed by atoms with Crippen molar-refractivity contribution in [3.8, 4) is 0 Å². The van der Waals surface area contributed by atoms with E-state index in [1.807, 2.05) is 18.9 Å². The number of aldehydes is 1.